The zero-order valence-corrected chi connectivity index (χ0v) is 8.90. The molecule has 1 aliphatic heterocycles. The lowest BCUT2D eigenvalue weighted by atomic mass is 9.23. The minimum atomic E-state index is -0.326. The van der Waals surface area contributed by atoms with Gasteiger partial charge in [0.15, 0.2) is 0 Å². The fourth-order valence-electron chi connectivity index (χ4n) is 1.23. The highest BCUT2D eigenvalue weighted by atomic mass is 16.6. The van der Waals surface area contributed by atoms with Crippen LogP contribution in [0.2, 0.25) is 0 Å². The number of hydrogen-bond acceptors (Lipinski definition) is 4. The maximum absolute atomic E-state index is 5.36. The molecule has 0 amide bonds. The van der Waals surface area contributed by atoms with E-state index in [1.807, 2.05) is 20.9 Å². The number of rotatable bonds is 6. The van der Waals surface area contributed by atoms with Crippen LogP contribution in [0.5, 0.6) is 0 Å². The molecule has 0 aromatic rings. The van der Waals surface area contributed by atoms with Gasteiger partial charge in [0.1, 0.15) is 0 Å². The molecule has 1 saturated heterocycles. The zero-order valence-electron chi connectivity index (χ0n) is 8.90. The van der Waals surface area contributed by atoms with Crippen LogP contribution >= 0.6 is 0 Å². The summed E-state index contributed by atoms with van der Waals surface area (Å²) in [7, 11) is 1.20. The highest BCUT2D eigenvalue weighted by Gasteiger charge is 2.31. The van der Waals surface area contributed by atoms with Gasteiger partial charge >= 0.3 is 14.0 Å². The molecule has 4 nitrogen and oxygen atoms in total. The Morgan fingerprint density at radius 3 is 2.29 bits per heavy atom. The van der Waals surface area contributed by atoms with Crippen LogP contribution in [0.4, 0.5) is 0 Å². The standard InChI is InChI=1S/C7H16B3O4/c1-3-11-9(12-4-2)8-10-13-6-5-7-14-10/h3-7H2,1-2H3. The van der Waals surface area contributed by atoms with E-state index in [-0.39, 0.29) is 14.0 Å². The molecule has 0 aromatic heterocycles. The van der Waals surface area contributed by atoms with Crippen molar-refractivity contribution in [1.29, 1.82) is 0 Å². The van der Waals surface area contributed by atoms with Crippen LogP contribution in [0.3, 0.4) is 0 Å². The summed E-state index contributed by atoms with van der Waals surface area (Å²) in [5.74, 6) is 0. The molecule has 0 spiro atoms. The molecule has 0 aromatic carbocycles. The van der Waals surface area contributed by atoms with Crippen LogP contribution < -0.4 is 0 Å². The Morgan fingerprint density at radius 2 is 1.79 bits per heavy atom. The third kappa shape index (κ3) is 4.51. The monoisotopic (exact) mass is 197 g/mol. The molecule has 14 heavy (non-hydrogen) atoms. The Balaban J connectivity index is 2.21. The molecule has 0 bridgehead atoms. The first-order valence-corrected chi connectivity index (χ1v) is 5.18. The fraction of sp³-hybridized carbons (Fsp3) is 1.00. The molecule has 0 unspecified atom stereocenters. The lowest BCUT2D eigenvalue weighted by molar-refractivity contribution is 0.147. The predicted octanol–water partition coefficient (Wildman–Crippen LogP) is 0.170. The molecule has 0 N–H and O–H groups in total. The van der Waals surface area contributed by atoms with Crippen molar-refractivity contribution in [3.05, 3.63) is 0 Å². The van der Waals surface area contributed by atoms with Crippen molar-refractivity contribution >= 4 is 21.1 Å². The molecule has 1 aliphatic rings. The second-order valence-electron chi connectivity index (χ2n) is 2.94. The SMILES string of the molecule is CCOB([B]B1OCCCO1)OCC. The fourth-order valence-corrected chi connectivity index (χ4v) is 1.23. The van der Waals surface area contributed by atoms with Gasteiger partial charge in [-0.15, -0.1) is 0 Å². The summed E-state index contributed by atoms with van der Waals surface area (Å²) in [6.07, 6.45) is 0.957. The largest absolute Gasteiger partial charge is 0.419 e. The van der Waals surface area contributed by atoms with E-state index in [4.69, 9.17) is 18.6 Å². The van der Waals surface area contributed by atoms with E-state index in [9.17, 15) is 0 Å². The Labute approximate surface area is 87.1 Å². The molecule has 0 saturated carbocycles. The molecule has 1 radical (unpaired) electrons. The highest BCUT2D eigenvalue weighted by Crippen LogP contribution is 2.01. The topological polar surface area (TPSA) is 36.9 Å². The van der Waals surface area contributed by atoms with E-state index >= 15 is 0 Å². The third-order valence-electron chi connectivity index (χ3n) is 1.83. The van der Waals surface area contributed by atoms with Crippen molar-refractivity contribution < 1.29 is 18.6 Å². The first-order valence-electron chi connectivity index (χ1n) is 5.18. The van der Waals surface area contributed by atoms with Crippen LogP contribution in [0.25, 0.3) is 0 Å². The summed E-state index contributed by atoms with van der Waals surface area (Å²) in [5.41, 5.74) is 0. The van der Waals surface area contributed by atoms with Crippen LogP contribution in [0.1, 0.15) is 20.3 Å². The van der Waals surface area contributed by atoms with Crippen LogP contribution in [0.15, 0.2) is 0 Å². The van der Waals surface area contributed by atoms with E-state index in [0.717, 1.165) is 19.6 Å². The van der Waals surface area contributed by atoms with E-state index in [0.29, 0.717) is 13.2 Å². The lowest BCUT2D eigenvalue weighted by Gasteiger charge is -2.21. The van der Waals surface area contributed by atoms with Gasteiger partial charge in [0.05, 0.1) is 0 Å². The summed E-state index contributed by atoms with van der Waals surface area (Å²) in [6.45, 7) is 6.59. The second-order valence-corrected chi connectivity index (χ2v) is 2.94. The Hall–Kier alpha value is 0.0348. The summed E-state index contributed by atoms with van der Waals surface area (Å²) in [6, 6.07) is 0. The van der Waals surface area contributed by atoms with Crippen molar-refractivity contribution in [2.24, 2.45) is 0 Å². The van der Waals surface area contributed by atoms with Gasteiger partial charge in [0, 0.05) is 26.4 Å². The molecule has 1 heterocycles. The van der Waals surface area contributed by atoms with Crippen LogP contribution in [-0.2, 0) is 18.6 Å². The first-order chi connectivity index (χ1) is 6.86. The minimum Gasteiger partial charge on any atom is -0.419 e. The summed E-state index contributed by atoms with van der Waals surface area (Å²) >= 11 is 0. The zero-order chi connectivity index (χ0) is 10.2. The molecule has 1 rings (SSSR count). The van der Waals surface area contributed by atoms with Gasteiger partial charge in [0.2, 0.25) is 7.06 Å². The van der Waals surface area contributed by atoms with Gasteiger partial charge in [-0.25, -0.2) is 0 Å². The van der Waals surface area contributed by atoms with Crippen molar-refractivity contribution in [1.82, 2.24) is 0 Å². The normalized spacial score (nSPS) is 16.9. The van der Waals surface area contributed by atoms with Gasteiger partial charge in [-0.2, -0.15) is 0 Å². The lowest BCUT2D eigenvalue weighted by Crippen LogP contribution is -2.46. The van der Waals surface area contributed by atoms with Crippen molar-refractivity contribution in [3.8, 4) is 0 Å². The van der Waals surface area contributed by atoms with E-state index in [2.05, 4.69) is 0 Å². The van der Waals surface area contributed by atoms with Crippen molar-refractivity contribution in [2.75, 3.05) is 26.4 Å². The second kappa shape index (κ2) is 7.34. The Kier molecular flexibility index (Phi) is 6.35. The van der Waals surface area contributed by atoms with Gasteiger partial charge in [-0.3, -0.25) is 0 Å². The predicted molar refractivity (Wildman–Crippen MR) is 57.0 cm³/mol. The summed E-state index contributed by atoms with van der Waals surface area (Å²) < 4.78 is 21.4. The first kappa shape index (κ1) is 12.1. The molecule has 0 aliphatic carbocycles. The molecule has 1 fully saturated rings. The third-order valence-corrected chi connectivity index (χ3v) is 1.83. The highest BCUT2D eigenvalue weighted by molar-refractivity contribution is 7.35. The molecule has 7 heteroatoms. The van der Waals surface area contributed by atoms with E-state index in [1.165, 1.54) is 0 Å². The van der Waals surface area contributed by atoms with Gasteiger partial charge in [-0.1, -0.05) is 0 Å². The van der Waals surface area contributed by atoms with Crippen molar-refractivity contribution in [2.45, 2.75) is 20.3 Å². The molecular weight excluding hydrogens is 181 g/mol. The number of hydrogen-bond donors (Lipinski definition) is 0. The Morgan fingerprint density at radius 1 is 1.21 bits per heavy atom. The van der Waals surface area contributed by atoms with E-state index in [1.54, 1.807) is 0 Å². The van der Waals surface area contributed by atoms with Gasteiger partial charge in [-0.05, 0) is 20.3 Å². The minimum absolute atomic E-state index is 0.285. The molecule has 0 atom stereocenters. The average molecular weight is 197 g/mol. The maximum atomic E-state index is 5.36. The molecule has 77 valence electrons. The van der Waals surface area contributed by atoms with Crippen LogP contribution in [-0.4, -0.2) is 47.5 Å². The Bertz CT molecular complexity index is 137. The quantitative estimate of drug-likeness (QED) is 0.568. The van der Waals surface area contributed by atoms with Crippen LogP contribution in [0, 0.1) is 0 Å². The molecular formula is C7H16B3O4. The van der Waals surface area contributed by atoms with Gasteiger partial charge in [0.25, 0.3) is 0 Å². The summed E-state index contributed by atoms with van der Waals surface area (Å²) in [4.78, 5) is 0. The smallest absolute Gasteiger partial charge is 0.395 e. The maximum Gasteiger partial charge on any atom is 0.395 e. The average Bonchev–Trinajstić information content (AvgIpc) is 2.20. The van der Waals surface area contributed by atoms with E-state index < -0.39 is 0 Å². The van der Waals surface area contributed by atoms with Crippen molar-refractivity contribution in [3.63, 3.8) is 0 Å². The van der Waals surface area contributed by atoms with Gasteiger partial charge < -0.3 is 18.6 Å². The summed E-state index contributed by atoms with van der Waals surface area (Å²) in [5, 5.41) is 0.